The summed E-state index contributed by atoms with van der Waals surface area (Å²) in [5.41, 5.74) is 0.770. The Bertz CT molecular complexity index is 304. The highest BCUT2D eigenvalue weighted by molar-refractivity contribution is 9.10. The number of benzene rings is 1. The molecule has 1 N–H and O–H groups in total. The third-order valence-corrected chi connectivity index (χ3v) is 3.04. The predicted octanol–water partition coefficient (Wildman–Crippen LogP) is 3.17. The van der Waals surface area contributed by atoms with Crippen LogP contribution in [-0.4, -0.2) is 18.3 Å². The Balaban J connectivity index is 2.70. The molecule has 4 heteroatoms. The van der Waals surface area contributed by atoms with Gasteiger partial charge in [-0.25, -0.2) is 0 Å². The van der Waals surface area contributed by atoms with Crippen molar-refractivity contribution in [2.45, 2.75) is 13.0 Å². The van der Waals surface area contributed by atoms with E-state index in [0.29, 0.717) is 18.2 Å². The van der Waals surface area contributed by atoms with Crippen molar-refractivity contribution in [2.75, 3.05) is 13.2 Å². The van der Waals surface area contributed by atoms with Crippen LogP contribution in [0.1, 0.15) is 18.6 Å². The SMILES string of the molecule is CCOCC(O)c1ccc(Br)c(Cl)c1. The van der Waals surface area contributed by atoms with Crippen molar-refractivity contribution in [3.63, 3.8) is 0 Å². The lowest BCUT2D eigenvalue weighted by Gasteiger charge is -2.11. The van der Waals surface area contributed by atoms with E-state index in [1.165, 1.54) is 0 Å². The van der Waals surface area contributed by atoms with E-state index >= 15 is 0 Å². The Hall–Kier alpha value is -0.0900. The second-order valence-electron chi connectivity index (χ2n) is 2.85. The van der Waals surface area contributed by atoms with Gasteiger partial charge in [-0.3, -0.25) is 0 Å². The van der Waals surface area contributed by atoms with E-state index < -0.39 is 6.10 Å². The fourth-order valence-corrected chi connectivity index (χ4v) is 1.48. The van der Waals surface area contributed by atoms with Gasteiger partial charge < -0.3 is 9.84 Å². The normalized spacial score (nSPS) is 12.9. The van der Waals surface area contributed by atoms with E-state index in [1.807, 2.05) is 19.1 Å². The van der Waals surface area contributed by atoms with Crippen molar-refractivity contribution in [3.05, 3.63) is 33.3 Å². The molecule has 0 saturated carbocycles. The summed E-state index contributed by atoms with van der Waals surface area (Å²) in [4.78, 5) is 0. The quantitative estimate of drug-likeness (QED) is 0.917. The molecule has 0 heterocycles. The molecule has 0 saturated heterocycles. The lowest BCUT2D eigenvalue weighted by atomic mass is 10.1. The van der Waals surface area contributed by atoms with Crippen molar-refractivity contribution in [1.82, 2.24) is 0 Å². The summed E-state index contributed by atoms with van der Waals surface area (Å²) in [6.45, 7) is 2.79. The number of hydrogen-bond acceptors (Lipinski definition) is 2. The van der Waals surface area contributed by atoms with Gasteiger partial charge in [-0.2, -0.15) is 0 Å². The highest BCUT2D eigenvalue weighted by Gasteiger charge is 2.08. The van der Waals surface area contributed by atoms with E-state index in [9.17, 15) is 5.11 Å². The molecular formula is C10H12BrClO2. The van der Waals surface area contributed by atoms with Crippen molar-refractivity contribution in [3.8, 4) is 0 Å². The maximum absolute atomic E-state index is 9.67. The molecule has 1 unspecified atom stereocenters. The van der Waals surface area contributed by atoms with Crippen LogP contribution in [0.25, 0.3) is 0 Å². The molecule has 0 aliphatic rings. The van der Waals surface area contributed by atoms with Crippen LogP contribution < -0.4 is 0 Å². The van der Waals surface area contributed by atoms with Gasteiger partial charge in [-0.15, -0.1) is 0 Å². The van der Waals surface area contributed by atoms with Crippen molar-refractivity contribution in [1.29, 1.82) is 0 Å². The van der Waals surface area contributed by atoms with Gasteiger partial charge in [0.05, 0.1) is 11.6 Å². The van der Waals surface area contributed by atoms with Crippen LogP contribution in [0.2, 0.25) is 5.02 Å². The van der Waals surface area contributed by atoms with Gasteiger partial charge >= 0.3 is 0 Å². The summed E-state index contributed by atoms with van der Waals surface area (Å²) in [5.74, 6) is 0. The highest BCUT2D eigenvalue weighted by Crippen LogP contribution is 2.26. The molecule has 0 aromatic heterocycles. The first kappa shape index (κ1) is 12.0. The summed E-state index contributed by atoms with van der Waals surface area (Å²) in [6, 6.07) is 5.36. The maximum Gasteiger partial charge on any atom is 0.102 e. The Morgan fingerprint density at radius 2 is 2.29 bits per heavy atom. The van der Waals surface area contributed by atoms with Crippen LogP contribution in [-0.2, 0) is 4.74 Å². The first-order chi connectivity index (χ1) is 6.65. The third kappa shape index (κ3) is 3.24. The molecule has 0 bridgehead atoms. The molecule has 0 aliphatic heterocycles. The lowest BCUT2D eigenvalue weighted by Crippen LogP contribution is -2.06. The zero-order chi connectivity index (χ0) is 10.6. The molecule has 0 radical (unpaired) electrons. The van der Waals surface area contributed by atoms with Crippen LogP contribution in [0, 0.1) is 0 Å². The van der Waals surface area contributed by atoms with Gasteiger partial charge in [0, 0.05) is 11.1 Å². The minimum absolute atomic E-state index is 0.300. The highest BCUT2D eigenvalue weighted by atomic mass is 79.9. The number of hydrogen-bond donors (Lipinski definition) is 1. The fourth-order valence-electron chi connectivity index (χ4n) is 1.05. The van der Waals surface area contributed by atoms with E-state index in [-0.39, 0.29) is 0 Å². The van der Waals surface area contributed by atoms with Crippen LogP contribution in [0.15, 0.2) is 22.7 Å². The summed E-state index contributed by atoms with van der Waals surface area (Å²) in [6.07, 6.45) is -0.611. The second-order valence-corrected chi connectivity index (χ2v) is 4.11. The first-order valence-electron chi connectivity index (χ1n) is 4.36. The number of rotatable bonds is 4. The molecule has 2 nitrogen and oxygen atoms in total. The Morgan fingerprint density at radius 1 is 1.57 bits per heavy atom. The number of ether oxygens (including phenoxy) is 1. The van der Waals surface area contributed by atoms with E-state index in [2.05, 4.69) is 15.9 Å². The van der Waals surface area contributed by atoms with Gasteiger partial charge in [0.15, 0.2) is 0 Å². The standard InChI is InChI=1S/C10H12BrClO2/c1-2-14-6-10(13)7-3-4-8(11)9(12)5-7/h3-5,10,13H,2,6H2,1H3. The molecule has 0 spiro atoms. The van der Waals surface area contributed by atoms with Crippen molar-refractivity contribution < 1.29 is 9.84 Å². The summed E-state index contributed by atoms with van der Waals surface area (Å²) in [5, 5.41) is 10.3. The minimum Gasteiger partial charge on any atom is -0.386 e. The smallest absolute Gasteiger partial charge is 0.102 e. The predicted molar refractivity (Wildman–Crippen MR) is 60.6 cm³/mol. The summed E-state index contributed by atoms with van der Waals surface area (Å²) >= 11 is 9.18. The number of halogens is 2. The van der Waals surface area contributed by atoms with Crippen LogP contribution >= 0.6 is 27.5 Å². The number of aliphatic hydroxyl groups excluding tert-OH is 1. The zero-order valence-corrected chi connectivity index (χ0v) is 10.2. The summed E-state index contributed by atoms with van der Waals surface area (Å²) in [7, 11) is 0. The molecule has 1 aromatic rings. The number of aliphatic hydroxyl groups is 1. The van der Waals surface area contributed by atoms with Gasteiger partial charge in [0.2, 0.25) is 0 Å². The van der Waals surface area contributed by atoms with Crippen molar-refractivity contribution >= 4 is 27.5 Å². The molecule has 78 valence electrons. The van der Waals surface area contributed by atoms with Crippen molar-refractivity contribution in [2.24, 2.45) is 0 Å². The van der Waals surface area contributed by atoms with Crippen LogP contribution in [0.5, 0.6) is 0 Å². The molecular weight excluding hydrogens is 267 g/mol. The molecule has 14 heavy (non-hydrogen) atoms. The maximum atomic E-state index is 9.67. The molecule has 0 fully saturated rings. The Kier molecular flexibility index (Phi) is 4.89. The molecule has 1 rings (SSSR count). The van der Waals surface area contributed by atoms with E-state index in [0.717, 1.165) is 10.0 Å². The van der Waals surface area contributed by atoms with E-state index in [1.54, 1.807) is 6.07 Å². The molecule has 0 amide bonds. The zero-order valence-electron chi connectivity index (χ0n) is 7.84. The van der Waals surface area contributed by atoms with Gasteiger partial charge in [0.1, 0.15) is 6.10 Å². The largest absolute Gasteiger partial charge is 0.386 e. The molecule has 1 atom stereocenters. The molecule has 1 aromatic carbocycles. The van der Waals surface area contributed by atoms with Gasteiger partial charge in [-0.1, -0.05) is 17.7 Å². The van der Waals surface area contributed by atoms with Gasteiger partial charge in [-0.05, 0) is 40.5 Å². The Morgan fingerprint density at radius 3 is 2.86 bits per heavy atom. The minimum atomic E-state index is -0.611. The van der Waals surface area contributed by atoms with Gasteiger partial charge in [0.25, 0.3) is 0 Å². The van der Waals surface area contributed by atoms with Crippen LogP contribution in [0.3, 0.4) is 0 Å². The Labute approximate surface area is 97.0 Å². The molecule has 0 aliphatic carbocycles. The van der Waals surface area contributed by atoms with Crippen LogP contribution in [0.4, 0.5) is 0 Å². The average molecular weight is 280 g/mol. The topological polar surface area (TPSA) is 29.5 Å². The fraction of sp³-hybridized carbons (Fsp3) is 0.400. The first-order valence-corrected chi connectivity index (χ1v) is 5.53. The van der Waals surface area contributed by atoms with E-state index in [4.69, 9.17) is 16.3 Å². The average Bonchev–Trinajstić information content (AvgIpc) is 2.18. The monoisotopic (exact) mass is 278 g/mol. The third-order valence-electron chi connectivity index (χ3n) is 1.81. The second kappa shape index (κ2) is 5.71. The summed E-state index contributed by atoms with van der Waals surface area (Å²) < 4.78 is 5.94. The lowest BCUT2D eigenvalue weighted by molar-refractivity contribution is 0.0420.